The van der Waals surface area contributed by atoms with Gasteiger partial charge in [-0.3, -0.25) is 14.0 Å². The number of aryl methyl sites for hydroxylation is 2. The van der Waals surface area contributed by atoms with Gasteiger partial charge in [0, 0.05) is 11.9 Å². The maximum atomic E-state index is 13.5. The number of pyridine rings is 1. The smallest absolute Gasteiger partial charge is 0.338 e. The number of aromatic nitrogens is 2. The fourth-order valence-corrected chi connectivity index (χ4v) is 3.79. The van der Waals surface area contributed by atoms with Gasteiger partial charge in [-0.05, 0) is 79.9 Å². The van der Waals surface area contributed by atoms with Crippen molar-refractivity contribution >= 4 is 29.3 Å². The van der Waals surface area contributed by atoms with Gasteiger partial charge in [-0.1, -0.05) is 25.1 Å². The van der Waals surface area contributed by atoms with Crippen LogP contribution in [0, 0.1) is 18.3 Å². The number of hydrogen-bond acceptors (Lipinski definition) is 7. The van der Waals surface area contributed by atoms with Crippen LogP contribution in [-0.2, 0) is 16.0 Å². The Kier molecular flexibility index (Phi) is 8.17. The van der Waals surface area contributed by atoms with E-state index in [2.05, 4.69) is 10.3 Å². The van der Waals surface area contributed by atoms with Crippen molar-refractivity contribution in [3.05, 3.63) is 105 Å². The number of nitrogens with one attached hydrogen (secondary N) is 1. The number of rotatable bonds is 8. The number of anilines is 1. The number of nitriles is 1. The van der Waals surface area contributed by atoms with E-state index in [1.54, 1.807) is 31.3 Å². The second-order valence-corrected chi connectivity index (χ2v) is 8.54. The fraction of sp³-hybridized carbons (Fsp3) is 0.167. The minimum Gasteiger partial charge on any atom is -0.462 e. The molecule has 2 aromatic carbocycles. The third-order valence-corrected chi connectivity index (χ3v) is 5.90. The molecule has 4 rings (SSSR count). The highest BCUT2D eigenvalue weighted by molar-refractivity contribution is 6.10. The molecule has 4 aromatic rings. The van der Waals surface area contributed by atoms with Crippen molar-refractivity contribution in [3.8, 4) is 17.7 Å². The lowest BCUT2D eigenvalue weighted by Gasteiger charge is -2.12. The molecule has 9 nitrogen and oxygen atoms in total. The number of esters is 1. The normalized spacial score (nSPS) is 11.1. The summed E-state index contributed by atoms with van der Waals surface area (Å²) < 4.78 is 12.3. The molecule has 0 bridgehead atoms. The second kappa shape index (κ2) is 11.9. The van der Waals surface area contributed by atoms with Crippen molar-refractivity contribution in [3.63, 3.8) is 0 Å². The van der Waals surface area contributed by atoms with Crippen LogP contribution in [0.3, 0.4) is 0 Å². The molecular formula is C30H26N4O5. The Hall–Kier alpha value is -5.23. The number of fused-ring (bicyclic) bond motifs is 1. The van der Waals surface area contributed by atoms with E-state index in [4.69, 9.17) is 9.47 Å². The molecule has 39 heavy (non-hydrogen) atoms. The van der Waals surface area contributed by atoms with Gasteiger partial charge < -0.3 is 14.8 Å². The molecular weight excluding hydrogens is 496 g/mol. The molecule has 9 heteroatoms. The largest absolute Gasteiger partial charge is 0.462 e. The fourth-order valence-electron chi connectivity index (χ4n) is 3.79. The lowest BCUT2D eigenvalue weighted by Crippen LogP contribution is -2.20. The summed E-state index contributed by atoms with van der Waals surface area (Å²) in [5.41, 5.74) is 2.05. The standard InChI is InChI=1S/C30H26N4O5/c1-4-20-8-14-24(15-9-20)39-28-25(29(36)34-16-6-7-19(3)26(34)33-28)17-22(18-31)27(35)32-23-12-10-21(11-13-23)30(37)38-5-2/h6-17H,4-5H2,1-3H3,(H,32,35)/b22-17-. The summed E-state index contributed by atoms with van der Waals surface area (Å²) in [6.45, 7) is 5.81. The van der Waals surface area contributed by atoms with Crippen LogP contribution in [0.2, 0.25) is 0 Å². The summed E-state index contributed by atoms with van der Waals surface area (Å²) in [7, 11) is 0. The molecule has 0 aliphatic carbocycles. The molecule has 0 unspecified atom stereocenters. The van der Waals surface area contributed by atoms with E-state index in [0.29, 0.717) is 22.6 Å². The Morgan fingerprint density at radius 3 is 2.44 bits per heavy atom. The van der Waals surface area contributed by atoms with Crippen LogP contribution in [0.25, 0.3) is 11.7 Å². The summed E-state index contributed by atoms with van der Waals surface area (Å²) in [5.74, 6) is -0.799. The monoisotopic (exact) mass is 522 g/mol. The van der Waals surface area contributed by atoms with Crippen LogP contribution in [-0.4, -0.2) is 27.9 Å². The average Bonchev–Trinajstić information content (AvgIpc) is 2.94. The van der Waals surface area contributed by atoms with Gasteiger partial charge in [0.15, 0.2) is 0 Å². The zero-order valence-corrected chi connectivity index (χ0v) is 21.7. The lowest BCUT2D eigenvalue weighted by molar-refractivity contribution is -0.112. The molecule has 2 aromatic heterocycles. The Labute approximate surface area is 225 Å². The zero-order chi connectivity index (χ0) is 27.9. The van der Waals surface area contributed by atoms with Gasteiger partial charge in [-0.15, -0.1) is 0 Å². The molecule has 2 heterocycles. The van der Waals surface area contributed by atoms with E-state index in [0.717, 1.165) is 17.5 Å². The molecule has 0 spiro atoms. The van der Waals surface area contributed by atoms with Crippen molar-refractivity contribution in [1.29, 1.82) is 5.26 Å². The number of hydrogen-bond donors (Lipinski definition) is 1. The molecule has 196 valence electrons. The third-order valence-electron chi connectivity index (χ3n) is 5.90. The first-order valence-corrected chi connectivity index (χ1v) is 12.3. The minimum absolute atomic E-state index is 0.0297. The van der Waals surface area contributed by atoms with Crippen LogP contribution < -0.4 is 15.6 Å². The number of benzene rings is 2. The number of nitrogens with zero attached hydrogens (tertiary/aromatic N) is 3. The van der Waals surface area contributed by atoms with Crippen LogP contribution in [0.4, 0.5) is 5.69 Å². The van der Waals surface area contributed by atoms with E-state index in [1.807, 2.05) is 38.1 Å². The quantitative estimate of drug-likeness (QED) is 0.194. The minimum atomic E-state index is -0.742. The van der Waals surface area contributed by atoms with E-state index in [1.165, 1.54) is 34.7 Å². The summed E-state index contributed by atoms with van der Waals surface area (Å²) in [5, 5.41) is 12.4. The first-order chi connectivity index (χ1) is 18.8. The molecule has 0 saturated carbocycles. The van der Waals surface area contributed by atoms with Crippen LogP contribution in [0.1, 0.15) is 40.9 Å². The van der Waals surface area contributed by atoms with Gasteiger partial charge in [0.1, 0.15) is 28.6 Å². The van der Waals surface area contributed by atoms with E-state index in [9.17, 15) is 19.6 Å². The number of carbonyl (C=O) groups excluding carboxylic acids is 2. The van der Waals surface area contributed by atoms with Crippen LogP contribution in [0.5, 0.6) is 11.6 Å². The number of carbonyl (C=O) groups is 2. The van der Waals surface area contributed by atoms with Gasteiger partial charge in [-0.2, -0.15) is 10.2 Å². The molecule has 0 aliphatic rings. The van der Waals surface area contributed by atoms with Crippen LogP contribution in [0.15, 0.2) is 77.2 Å². The van der Waals surface area contributed by atoms with Crippen LogP contribution >= 0.6 is 0 Å². The molecule has 0 saturated heterocycles. The van der Waals surface area contributed by atoms with Crippen molar-refractivity contribution < 1.29 is 19.1 Å². The van der Waals surface area contributed by atoms with Gasteiger partial charge >= 0.3 is 5.97 Å². The first kappa shape index (κ1) is 26.8. The maximum Gasteiger partial charge on any atom is 0.338 e. The first-order valence-electron chi connectivity index (χ1n) is 12.3. The van der Waals surface area contributed by atoms with Crippen molar-refractivity contribution in [2.45, 2.75) is 27.2 Å². The summed E-state index contributed by atoms with van der Waals surface area (Å²) >= 11 is 0. The third kappa shape index (κ3) is 6.02. The maximum absolute atomic E-state index is 13.5. The summed E-state index contributed by atoms with van der Waals surface area (Å²) in [6, 6.07) is 18.8. The Morgan fingerprint density at radius 2 is 1.79 bits per heavy atom. The van der Waals surface area contributed by atoms with Gasteiger partial charge in [0.2, 0.25) is 5.88 Å². The highest BCUT2D eigenvalue weighted by Crippen LogP contribution is 2.25. The van der Waals surface area contributed by atoms with E-state index >= 15 is 0 Å². The van der Waals surface area contributed by atoms with E-state index < -0.39 is 17.4 Å². The Balaban J connectivity index is 1.72. The predicted molar refractivity (Wildman–Crippen MR) is 147 cm³/mol. The topological polar surface area (TPSA) is 123 Å². The van der Waals surface area contributed by atoms with Crippen molar-refractivity contribution in [1.82, 2.24) is 9.38 Å². The highest BCUT2D eigenvalue weighted by atomic mass is 16.5. The van der Waals surface area contributed by atoms with E-state index in [-0.39, 0.29) is 23.6 Å². The molecule has 1 N–H and O–H groups in total. The highest BCUT2D eigenvalue weighted by Gasteiger charge is 2.18. The molecule has 0 radical (unpaired) electrons. The molecule has 1 amide bonds. The Morgan fingerprint density at radius 1 is 1.08 bits per heavy atom. The molecule has 0 fully saturated rings. The zero-order valence-electron chi connectivity index (χ0n) is 21.7. The van der Waals surface area contributed by atoms with Gasteiger partial charge in [-0.25, -0.2) is 4.79 Å². The molecule has 0 atom stereocenters. The summed E-state index contributed by atoms with van der Waals surface area (Å²) in [6.07, 6.45) is 3.59. The number of ether oxygens (including phenoxy) is 2. The number of amides is 1. The summed E-state index contributed by atoms with van der Waals surface area (Å²) in [4.78, 5) is 42.9. The Bertz CT molecular complexity index is 1660. The lowest BCUT2D eigenvalue weighted by atomic mass is 10.1. The predicted octanol–water partition coefficient (Wildman–Crippen LogP) is 5.08. The van der Waals surface area contributed by atoms with Gasteiger partial charge in [0.05, 0.1) is 12.2 Å². The van der Waals surface area contributed by atoms with Crippen molar-refractivity contribution in [2.24, 2.45) is 0 Å². The second-order valence-electron chi connectivity index (χ2n) is 8.54. The van der Waals surface area contributed by atoms with Crippen molar-refractivity contribution in [2.75, 3.05) is 11.9 Å². The molecule has 0 aliphatic heterocycles. The average molecular weight is 523 g/mol. The van der Waals surface area contributed by atoms with Gasteiger partial charge in [0.25, 0.3) is 11.5 Å². The SMILES string of the molecule is CCOC(=O)c1ccc(NC(=O)/C(C#N)=C\c2c(Oc3ccc(CC)cc3)nc3c(C)cccn3c2=O)cc1.